The van der Waals surface area contributed by atoms with Crippen molar-refractivity contribution in [2.75, 3.05) is 31.2 Å². The van der Waals surface area contributed by atoms with Gasteiger partial charge in [-0.05, 0) is 69.2 Å². The van der Waals surface area contributed by atoms with Gasteiger partial charge in [0.2, 0.25) is 0 Å². The van der Waals surface area contributed by atoms with Crippen LogP contribution in [0.1, 0.15) is 51.1 Å². The largest absolute Gasteiger partial charge is 0.481 e. The second-order valence-electron chi connectivity index (χ2n) is 10.4. The monoisotopic (exact) mass is 518 g/mol. The fourth-order valence-corrected chi connectivity index (χ4v) is 5.67. The van der Waals surface area contributed by atoms with Crippen molar-refractivity contribution in [3.63, 3.8) is 0 Å². The van der Waals surface area contributed by atoms with Crippen LogP contribution in [0.3, 0.4) is 0 Å². The second-order valence-corrected chi connectivity index (χ2v) is 10.9. The van der Waals surface area contributed by atoms with Crippen molar-refractivity contribution >= 4 is 29.3 Å². The van der Waals surface area contributed by atoms with Crippen molar-refractivity contribution in [3.8, 4) is 6.01 Å². The van der Waals surface area contributed by atoms with Gasteiger partial charge in [-0.15, -0.1) is 11.6 Å². The maximum absolute atomic E-state index is 15.0. The van der Waals surface area contributed by atoms with Gasteiger partial charge in [0.05, 0.1) is 41.1 Å². The lowest BCUT2D eigenvalue weighted by atomic mass is 9.70. The molecule has 0 spiro atoms. The smallest absolute Gasteiger partial charge is 0.309 e. The van der Waals surface area contributed by atoms with Gasteiger partial charge >= 0.3 is 5.97 Å². The standard InChI is InChI=1S/C26H32ClFN4O4/c1-26(2,24(33)34)16-4-6-17(7-5-16)36-25-29-20-14-18(27)22(30-23(20)31-25)15-3-8-21(19(28)13-15)32-9-11-35-12-10-32/h3,8,13-14,16-18,22H,4-7,9-12H2,1-2H3,(H,33,34)(H,29,30,31). The molecule has 2 aromatic rings. The molecule has 1 aromatic heterocycles. The Labute approximate surface area is 214 Å². The van der Waals surface area contributed by atoms with Crippen LogP contribution in [-0.4, -0.2) is 58.8 Å². The topological polar surface area (TPSA) is 100 Å². The first-order chi connectivity index (χ1) is 17.2. The van der Waals surface area contributed by atoms with Gasteiger partial charge < -0.3 is 24.5 Å². The molecule has 3 aliphatic rings. The normalized spacial score (nSPS) is 26.5. The van der Waals surface area contributed by atoms with E-state index in [2.05, 4.69) is 9.97 Å². The molecule has 0 amide bonds. The van der Waals surface area contributed by atoms with E-state index in [9.17, 15) is 14.3 Å². The number of fused-ring (bicyclic) bond motifs is 1. The summed E-state index contributed by atoms with van der Waals surface area (Å²) >= 11 is 6.64. The summed E-state index contributed by atoms with van der Waals surface area (Å²) < 4.78 is 26.4. The number of anilines is 1. The number of alkyl halides is 1. The first kappa shape index (κ1) is 25.0. The number of carboxylic acid groups (broad SMARTS) is 1. The Balaban J connectivity index is 1.28. The van der Waals surface area contributed by atoms with E-state index in [4.69, 9.17) is 26.1 Å². The van der Waals surface area contributed by atoms with Crippen LogP contribution >= 0.6 is 11.6 Å². The summed E-state index contributed by atoms with van der Waals surface area (Å²) in [5, 5.41) is 9.73. The molecule has 194 valence electrons. The molecule has 1 aliphatic carbocycles. The summed E-state index contributed by atoms with van der Waals surface area (Å²) in [6.45, 7) is 6.08. The van der Waals surface area contributed by atoms with Gasteiger partial charge in [-0.1, -0.05) is 6.07 Å². The molecular formula is C26H32ClFN4O4. The van der Waals surface area contributed by atoms with E-state index in [0.29, 0.717) is 54.4 Å². The van der Waals surface area contributed by atoms with Crippen LogP contribution < -0.4 is 20.5 Å². The minimum absolute atomic E-state index is 0.0390. The number of hydrogen-bond acceptors (Lipinski definition) is 6. The Hall–Kier alpha value is -2.65. The molecule has 1 saturated heterocycles. The van der Waals surface area contributed by atoms with E-state index < -0.39 is 22.8 Å². The molecule has 0 radical (unpaired) electrons. The van der Waals surface area contributed by atoms with Crippen molar-refractivity contribution in [2.45, 2.75) is 57.1 Å². The van der Waals surface area contributed by atoms with Gasteiger partial charge in [0.25, 0.3) is 6.01 Å². The zero-order valence-corrected chi connectivity index (χ0v) is 21.3. The van der Waals surface area contributed by atoms with E-state index >= 15 is 0 Å². The summed E-state index contributed by atoms with van der Waals surface area (Å²) in [7, 11) is 0. The highest BCUT2D eigenvalue weighted by molar-refractivity contribution is 6.24. The molecule has 0 bridgehead atoms. The van der Waals surface area contributed by atoms with E-state index in [0.717, 1.165) is 25.7 Å². The number of aromatic amines is 1. The molecule has 2 aliphatic heterocycles. The number of ether oxygens (including phenoxy) is 2. The van der Waals surface area contributed by atoms with Gasteiger partial charge in [0, 0.05) is 13.1 Å². The van der Waals surface area contributed by atoms with Crippen LogP contribution in [0, 0.1) is 17.2 Å². The number of aliphatic carboxylic acids is 1. The number of benzene rings is 1. The number of halogens is 2. The Kier molecular flexibility index (Phi) is 6.96. The molecule has 2 unspecified atom stereocenters. The lowest BCUT2D eigenvalue weighted by Crippen LogP contribution is -2.37. The lowest BCUT2D eigenvalue weighted by molar-refractivity contribution is -0.151. The van der Waals surface area contributed by atoms with Crippen molar-refractivity contribution in [2.24, 2.45) is 16.3 Å². The average molecular weight is 519 g/mol. The number of morpholine rings is 1. The minimum Gasteiger partial charge on any atom is -0.481 e. The first-order valence-electron chi connectivity index (χ1n) is 12.5. The van der Waals surface area contributed by atoms with Gasteiger partial charge in [-0.25, -0.2) is 4.39 Å². The van der Waals surface area contributed by atoms with E-state index in [1.807, 2.05) is 17.0 Å². The molecule has 3 heterocycles. The fourth-order valence-electron chi connectivity index (χ4n) is 5.34. The molecule has 8 nitrogen and oxygen atoms in total. The zero-order chi connectivity index (χ0) is 25.4. The van der Waals surface area contributed by atoms with Crippen molar-refractivity contribution in [3.05, 3.63) is 40.4 Å². The van der Waals surface area contributed by atoms with E-state index in [1.54, 1.807) is 19.9 Å². The lowest BCUT2D eigenvalue weighted by Gasteiger charge is -2.36. The van der Waals surface area contributed by atoms with E-state index in [1.165, 1.54) is 6.07 Å². The van der Waals surface area contributed by atoms with Crippen LogP contribution in [0.2, 0.25) is 0 Å². The molecule has 5 rings (SSSR count). The highest BCUT2D eigenvalue weighted by Gasteiger charge is 2.39. The Bertz CT molecular complexity index is 1240. The quantitative estimate of drug-likeness (QED) is 0.570. The van der Waals surface area contributed by atoms with Crippen molar-refractivity contribution < 1.29 is 23.8 Å². The van der Waals surface area contributed by atoms with Gasteiger partial charge in [0.1, 0.15) is 11.9 Å². The maximum atomic E-state index is 15.0. The summed E-state index contributed by atoms with van der Waals surface area (Å²) in [6.07, 6.45) is 4.92. The molecule has 2 N–H and O–H groups in total. The molecule has 2 atom stereocenters. The third-order valence-corrected chi connectivity index (χ3v) is 8.13. The van der Waals surface area contributed by atoms with Crippen LogP contribution in [0.4, 0.5) is 10.1 Å². The van der Waals surface area contributed by atoms with Crippen LogP contribution in [0.15, 0.2) is 23.2 Å². The Morgan fingerprint density at radius 1 is 1.25 bits per heavy atom. The van der Waals surface area contributed by atoms with Crippen molar-refractivity contribution in [1.29, 1.82) is 0 Å². The summed E-state index contributed by atoms with van der Waals surface area (Å²) in [5.41, 5.74) is 0.999. The van der Waals surface area contributed by atoms with Gasteiger partial charge in [-0.2, -0.15) is 4.98 Å². The summed E-state index contributed by atoms with van der Waals surface area (Å²) in [5.74, 6) is -0.939. The SMILES string of the molecule is CC(C)(C(=O)O)C1CCC(Oc2nc3c([nH]2)=CC(Cl)C(c2ccc(N4CCOCC4)c(F)c2)N=3)CC1. The molecule has 2 fully saturated rings. The predicted octanol–water partition coefficient (Wildman–Crippen LogP) is 3.20. The minimum atomic E-state index is -0.761. The molecule has 10 heteroatoms. The van der Waals surface area contributed by atoms with Gasteiger partial charge in [-0.3, -0.25) is 9.79 Å². The highest BCUT2D eigenvalue weighted by Crippen LogP contribution is 2.39. The Morgan fingerprint density at radius 3 is 2.64 bits per heavy atom. The number of rotatable bonds is 6. The number of H-pyrrole nitrogens is 1. The van der Waals surface area contributed by atoms with Crippen LogP contribution in [0.5, 0.6) is 6.01 Å². The third kappa shape index (κ3) is 4.95. The summed E-state index contributed by atoms with van der Waals surface area (Å²) in [4.78, 5) is 25.9. The average Bonchev–Trinajstić information content (AvgIpc) is 3.25. The number of carbonyl (C=O) groups is 1. The number of imidazole rings is 1. The summed E-state index contributed by atoms with van der Waals surface area (Å²) in [6, 6.07) is 5.08. The number of hydrogen-bond donors (Lipinski definition) is 2. The molecule has 36 heavy (non-hydrogen) atoms. The second kappa shape index (κ2) is 10.0. The maximum Gasteiger partial charge on any atom is 0.309 e. The fraction of sp³-hybridized carbons (Fsp3) is 0.577. The molecular weight excluding hydrogens is 487 g/mol. The zero-order valence-electron chi connectivity index (χ0n) is 20.5. The third-order valence-electron chi connectivity index (χ3n) is 7.77. The van der Waals surface area contributed by atoms with E-state index in [-0.39, 0.29) is 17.8 Å². The van der Waals surface area contributed by atoms with Crippen LogP contribution in [-0.2, 0) is 9.53 Å². The van der Waals surface area contributed by atoms with Gasteiger partial charge in [0.15, 0.2) is 5.49 Å². The number of carboxylic acids is 1. The van der Waals surface area contributed by atoms with Crippen molar-refractivity contribution in [1.82, 2.24) is 9.97 Å². The number of nitrogens with one attached hydrogen (secondary N) is 1. The number of nitrogens with zero attached hydrogens (tertiary/aromatic N) is 3. The Morgan fingerprint density at radius 2 is 1.97 bits per heavy atom. The number of aromatic nitrogens is 2. The first-order valence-corrected chi connectivity index (χ1v) is 13.0. The molecule has 1 aromatic carbocycles. The highest BCUT2D eigenvalue weighted by atomic mass is 35.5. The molecule has 1 saturated carbocycles. The predicted molar refractivity (Wildman–Crippen MR) is 133 cm³/mol. The van der Waals surface area contributed by atoms with Crippen LogP contribution in [0.25, 0.3) is 6.08 Å².